The van der Waals surface area contributed by atoms with Crippen LogP contribution in [0, 0.1) is 13.8 Å². The van der Waals surface area contributed by atoms with E-state index in [0.29, 0.717) is 11.5 Å². The first-order valence-electron chi connectivity index (χ1n) is 8.17. The smallest absolute Gasteiger partial charge is 0.265 e. The van der Waals surface area contributed by atoms with Crippen molar-refractivity contribution in [2.45, 2.75) is 18.7 Å². The van der Waals surface area contributed by atoms with E-state index in [9.17, 15) is 13.2 Å². The lowest BCUT2D eigenvalue weighted by atomic mass is 10.1. The number of rotatable bonds is 5. The van der Waals surface area contributed by atoms with Gasteiger partial charge in [-0.2, -0.15) is 0 Å². The third-order valence-electron chi connectivity index (χ3n) is 4.00. The number of nitrogens with one attached hydrogen (secondary N) is 1. The van der Waals surface area contributed by atoms with Crippen molar-refractivity contribution in [1.82, 2.24) is 9.71 Å². The Kier molecular flexibility index (Phi) is 5.23. The Hall–Kier alpha value is -3.19. The number of sulfonamides is 1. The van der Waals surface area contributed by atoms with Crippen LogP contribution in [0.2, 0.25) is 0 Å². The van der Waals surface area contributed by atoms with Crippen LogP contribution in [0.3, 0.4) is 0 Å². The minimum atomic E-state index is -3.94. The largest absolute Gasteiger partial charge is 0.456 e. The van der Waals surface area contributed by atoms with E-state index in [0.717, 1.165) is 11.1 Å². The van der Waals surface area contributed by atoms with E-state index in [1.807, 2.05) is 13.8 Å². The fourth-order valence-corrected chi connectivity index (χ4v) is 3.40. The summed E-state index contributed by atoms with van der Waals surface area (Å²) in [5, 5.41) is 0. The van der Waals surface area contributed by atoms with Gasteiger partial charge in [-0.3, -0.25) is 9.78 Å². The molecule has 3 rings (SSSR count). The fraction of sp³-hybridized carbons (Fsp3) is 0.100. The van der Waals surface area contributed by atoms with Crippen molar-refractivity contribution >= 4 is 15.9 Å². The SMILES string of the molecule is Cc1ccc(S(=O)(=O)NC(=O)c2ccc(Oc3cccnc3)cc2)cc1C. The van der Waals surface area contributed by atoms with Crippen LogP contribution in [0.4, 0.5) is 0 Å². The van der Waals surface area contributed by atoms with Gasteiger partial charge in [-0.1, -0.05) is 6.07 Å². The molecule has 1 amide bonds. The summed E-state index contributed by atoms with van der Waals surface area (Å²) in [7, 11) is -3.94. The van der Waals surface area contributed by atoms with Crippen LogP contribution in [0.1, 0.15) is 21.5 Å². The first kappa shape index (κ1) is 18.6. The fourth-order valence-electron chi connectivity index (χ4n) is 2.34. The van der Waals surface area contributed by atoms with Crippen molar-refractivity contribution in [2.75, 3.05) is 0 Å². The summed E-state index contributed by atoms with van der Waals surface area (Å²) < 4.78 is 32.5. The molecule has 0 spiro atoms. The molecule has 0 aliphatic rings. The van der Waals surface area contributed by atoms with Gasteiger partial charge in [0.1, 0.15) is 11.5 Å². The van der Waals surface area contributed by atoms with E-state index >= 15 is 0 Å². The highest BCUT2D eigenvalue weighted by Crippen LogP contribution is 2.21. The second-order valence-electron chi connectivity index (χ2n) is 6.00. The summed E-state index contributed by atoms with van der Waals surface area (Å²) in [4.78, 5) is 16.3. The summed E-state index contributed by atoms with van der Waals surface area (Å²) in [6.45, 7) is 3.70. The predicted molar refractivity (Wildman–Crippen MR) is 101 cm³/mol. The summed E-state index contributed by atoms with van der Waals surface area (Å²) in [5.41, 5.74) is 2.02. The number of pyridine rings is 1. The number of hydrogen-bond donors (Lipinski definition) is 1. The Morgan fingerprint density at radius 1 is 0.963 bits per heavy atom. The van der Waals surface area contributed by atoms with Crippen molar-refractivity contribution in [2.24, 2.45) is 0 Å². The summed E-state index contributed by atoms with van der Waals surface area (Å²) in [5.74, 6) is 0.366. The highest BCUT2D eigenvalue weighted by molar-refractivity contribution is 7.90. The number of carbonyl (C=O) groups excluding carboxylic acids is 1. The molecule has 3 aromatic rings. The van der Waals surface area contributed by atoms with Crippen molar-refractivity contribution in [3.05, 3.63) is 83.7 Å². The molecular weight excluding hydrogens is 364 g/mol. The minimum absolute atomic E-state index is 0.0514. The molecule has 2 aromatic carbocycles. The maximum Gasteiger partial charge on any atom is 0.265 e. The second kappa shape index (κ2) is 7.59. The molecule has 27 heavy (non-hydrogen) atoms. The van der Waals surface area contributed by atoms with Crippen molar-refractivity contribution in [1.29, 1.82) is 0 Å². The van der Waals surface area contributed by atoms with Crippen molar-refractivity contribution in [3.63, 3.8) is 0 Å². The number of carbonyl (C=O) groups is 1. The monoisotopic (exact) mass is 382 g/mol. The summed E-state index contributed by atoms with van der Waals surface area (Å²) >= 11 is 0. The van der Waals surface area contributed by atoms with E-state index < -0.39 is 15.9 Å². The van der Waals surface area contributed by atoms with Gasteiger partial charge in [-0.05, 0) is 73.5 Å². The third-order valence-corrected chi connectivity index (χ3v) is 5.33. The quantitative estimate of drug-likeness (QED) is 0.729. The Balaban J connectivity index is 1.72. The van der Waals surface area contributed by atoms with Gasteiger partial charge in [-0.25, -0.2) is 13.1 Å². The van der Waals surface area contributed by atoms with Gasteiger partial charge in [0.05, 0.1) is 11.1 Å². The molecule has 138 valence electrons. The number of aromatic nitrogens is 1. The first-order chi connectivity index (χ1) is 12.8. The average Bonchev–Trinajstić information content (AvgIpc) is 2.65. The number of amides is 1. The lowest BCUT2D eigenvalue weighted by molar-refractivity contribution is 0.0981. The van der Waals surface area contributed by atoms with E-state index in [-0.39, 0.29) is 10.5 Å². The summed E-state index contributed by atoms with van der Waals surface area (Å²) in [6, 6.07) is 14.4. The molecule has 0 fully saturated rings. The minimum Gasteiger partial charge on any atom is -0.456 e. The molecule has 1 heterocycles. The molecule has 0 radical (unpaired) electrons. The van der Waals surface area contributed by atoms with Crippen molar-refractivity contribution < 1.29 is 17.9 Å². The van der Waals surface area contributed by atoms with Gasteiger partial charge in [-0.15, -0.1) is 0 Å². The molecule has 0 atom stereocenters. The van der Waals surface area contributed by atoms with Gasteiger partial charge in [0, 0.05) is 11.8 Å². The highest BCUT2D eigenvalue weighted by Gasteiger charge is 2.19. The molecule has 0 aliphatic carbocycles. The van der Waals surface area contributed by atoms with E-state index in [2.05, 4.69) is 9.71 Å². The van der Waals surface area contributed by atoms with Crippen LogP contribution >= 0.6 is 0 Å². The Labute approximate surface area is 157 Å². The first-order valence-corrected chi connectivity index (χ1v) is 9.66. The number of benzene rings is 2. The molecule has 0 bridgehead atoms. The molecule has 0 saturated carbocycles. The van der Waals surface area contributed by atoms with Gasteiger partial charge in [0.2, 0.25) is 0 Å². The zero-order chi connectivity index (χ0) is 19.4. The van der Waals surface area contributed by atoms with E-state index in [4.69, 9.17) is 4.74 Å². The molecular formula is C20H18N2O4S. The van der Waals surface area contributed by atoms with Crippen LogP contribution < -0.4 is 9.46 Å². The molecule has 6 nitrogen and oxygen atoms in total. The van der Waals surface area contributed by atoms with E-state index in [1.165, 1.54) is 24.3 Å². The Bertz CT molecular complexity index is 1060. The van der Waals surface area contributed by atoms with Gasteiger partial charge >= 0.3 is 0 Å². The molecule has 1 aromatic heterocycles. The van der Waals surface area contributed by atoms with Crippen LogP contribution in [-0.2, 0) is 10.0 Å². The zero-order valence-corrected chi connectivity index (χ0v) is 15.7. The predicted octanol–water partition coefficient (Wildman–Crippen LogP) is 3.61. The maximum atomic E-state index is 12.4. The lowest BCUT2D eigenvalue weighted by Gasteiger charge is -2.09. The van der Waals surface area contributed by atoms with Crippen molar-refractivity contribution in [3.8, 4) is 11.5 Å². The molecule has 1 N–H and O–H groups in total. The van der Waals surface area contributed by atoms with Crippen LogP contribution in [-0.4, -0.2) is 19.3 Å². The number of hydrogen-bond acceptors (Lipinski definition) is 5. The molecule has 0 unspecified atom stereocenters. The highest BCUT2D eigenvalue weighted by atomic mass is 32.2. The van der Waals surface area contributed by atoms with Gasteiger partial charge in [0.25, 0.3) is 15.9 Å². The van der Waals surface area contributed by atoms with Gasteiger partial charge < -0.3 is 4.74 Å². The molecule has 0 saturated heterocycles. The number of aryl methyl sites for hydroxylation is 2. The topological polar surface area (TPSA) is 85.4 Å². The zero-order valence-electron chi connectivity index (χ0n) is 14.8. The van der Waals surface area contributed by atoms with E-state index in [1.54, 1.807) is 42.7 Å². The second-order valence-corrected chi connectivity index (χ2v) is 7.68. The Morgan fingerprint density at radius 2 is 1.70 bits per heavy atom. The summed E-state index contributed by atoms with van der Waals surface area (Å²) in [6.07, 6.45) is 3.20. The van der Waals surface area contributed by atoms with Crippen LogP contribution in [0.5, 0.6) is 11.5 Å². The van der Waals surface area contributed by atoms with Gasteiger partial charge in [0.15, 0.2) is 0 Å². The third kappa shape index (κ3) is 4.51. The number of ether oxygens (including phenoxy) is 1. The maximum absolute atomic E-state index is 12.4. The van der Waals surface area contributed by atoms with Crippen LogP contribution in [0.15, 0.2) is 71.9 Å². The Morgan fingerprint density at radius 3 is 2.33 bits per heavy atom. The number of nitrogens with zero attached hydrogens (tertiary/aromatic N) is 1. The standard InChI is InChI=1S/C20H18N2O4S/c1-14-5-10-19(12-15(14)2)27(24,25)22-20(23)16-6-8-17(9-7-16)26-18-4-3-11-21-13-18/h3-13H,1-2H3,(H,22,23). The normalized spacial score (nSPS) is 11.0. The average molecular weight is 382 g/mol. The molecule has 7 heteroatoms. The molecule has 0 aliphatic heterocycles. The lowest BCUT2D eigenvalue weighted by Crippen LogP contribution is -2.30. The van der Waals surface area contributed by atoms with Crippen LogP contribution in [0.25, 0.3) is 0 Å².